The SMILES string of the molecule is C=CCCC(Oc1ccc(-c2ccc(F)c(F)c2)cc1)C(=O)O. The molecule has 0 aromatic heterocycles. The maximum Gasteiger partial charge on any atom is 0.344 e. The van der Waals surface area contributed by atoms with E-state index in [2.05, 4.69) is 6.58 Å². The van der Waals surface area contributed by atoms with E-state index in [9.17, 15) is 13.6 Å². The normalized spacial score (nSPS) is 11.7. The minimum absolute atomic E-state index is 0.323. The Morgan fingerprint density at radius 2 is 1.78 bits per heavy atom. The number of hydrogen-bond donors (Lipinski definition) is 1. The summed E-state index contributed by atoms with van der Waals surface area (Å²) in [5, 5.41) is 9.11. The van der Waals surface area contributed by atoms with Crippen molar-refractivity contribution in [2.24, 2.45) is 0 Å². The summed E-state index contributed by atoms with van der Waals surface area (Å²) >= 11 is 0. The van der Waals surface area contributed by atoms with E-state index in [1.807, 2.05) is 0 Å². The Hall–Kier alpha value is -2.69. The second-order valence-electron chi connectivity index (χ2n) is 4.96. The fourth-order valence-corrected chi connectivity index (χ4v) is 2.07. The Labute approximate surface area is 132 Å². The lowest BCUT2D eigenvalue weighted by Gasteiger charge is -2.14. The maximum atomic E-state index is 13.3. The molecule has 2 aromatic carbocycles. The zero-order valence-electron chi connectivity index (χ0n) is 12.3. The molecule has 0 fully saturated rings. The lowest BCUT2D eigenvalue weighted by molar-refractivity contribution is -0.145. The predicted octanol–water partition coefficient (Wildman–Crippen LogP) is 4.43. The van der Waals surface area contributed by atoms with Gasteiger partial charge >= 0.3 is 5.97 Å². The molecule has 0 aliphatic carbocycles. The van der Waals surface area contributed by atoms with Gasteiger partial charge in [0.1, 0.15) is 5.75 Å². The first kappa shape index (κ1) is 16.7. The fraction of sp³-hybridized carbons (Fsp3) is 0.167. The van der Waals surface area contributed by atoms with Crippen molar-refractivity contribution in [3.63, 3.8) is 0 Å². The molecule has 1 N–H and O–H groups in total. The highest BCUT2D eigenvalue weighted by molar-refractivity contribution is 5.73. The third-order valence-electron chi connectivity index (χ3n) is 3.29. The van der Waals surface area contributed by atoms with E-state index in [1.165, 1.54) is 6.07 Å². The Kier molecular flexibility index (Phi) is 5.46. The molecule has 0 amide bonds. The molecule has 0 saturated heterocycles. The number of carboxylic acid groups (broad SMARTS) is 1. The smallest absolute Gasteiger partial charge is 0.344 e. The van der Waals surface area contributed by atoms with Crippen LogP contribution in [0.3, 0.4) is 0 Å². The number of carboxylic acids is 1. The van der Waals surface area contributed by atoms with Crippen LogP contribution in [0.5, 0.6) is 5.75 Å². The minimum Gasteiger partial charge on any atom is -0.479 e. The molecule has 0 aliphatic heterocycles. The topological polar surface area (TPSA) is 46.5 Å². The van der Waals surface area contributed by atoms with Gasteiger partial charge in [-0.05, 0) is 48.2 Å². The van der Waals surface area contributed by atoms with Crippen LogP contribution in [0, 0.1) is 11.6 Å². The lowest BCUT2D eigenvalue weighted by Crippen LogP contribution is -2.26. The molecule has 5 heteroatoms. The number of rotatable bonds is 7. The summed E-state index contributed by atoms with van der Waals surface area (Å²) in [5.41, 5.74) is 1.20. The highest BCUT2D eigenvalue weighted by atomic mass is 19.2. The quantitative estimate of drug-likeness (QED) is 0.768. The molecule has 2 aromatic rings. The molecule has 120 valence electrons. The van der Waals surface area contributed by atoms with E-state index >= 15 is 0 Å². The van der Waals surface area contributed by atoms with Gasteiger partial charge in [-0.25, -0.2) is 13.6 Å². The molecule has 1 atom stereocenters. The molecule has 23 heavy (non-hydrogen) atoms. The number of ether oxygens (including phenoxy) is 1. The monoisotopic (exact) mass is 318 g/mol. The maximum absolute atomic E-state index is 13.3. The molecular formula is C18H16F2O3. The van der Waals surface area contributed by atoms with Crippen LogP contribution in [0.4, 0.5) is 8.78 Å². The van der Waals surface area contributed by atoms with Crippen molar-refractivity contribution in [3.8, 4) is 16.9 Å². The van der Waals surface area contributed by atoms with Crippen molar-refractivity contribution in [1.29, 1.82) is 0 Å². The van der Waals surface area contributed by atoms with Crippen LogP contribution in [0.25, 0.3) is 11.1 Å². The van der Waals surface area contributed by atoms with Gasteiger partial charge in [-0.3, -0.25) is 0 Å². The van der Waals surface area contributed by atoms with Gasteiger partial charge in [0.2, 0.25) is 0 Å². The van der Waals surface area contributed by atoms with E-state index in [0.29, 0.717) is 29.7 Å². The van der Waals surface area contributed by atoms with Crippen LogP contribution in [0.15, 0.2) is 55.1 Å². The zero-order chi connectivity index (χ0) is 16.8. The first-order valence-electron chi connectivity index (χ1n) is 7.07. The summed E-state index contributed by atoms with van der Waals surface area (Å²) in [6.45, 7) is 3.55. The summed E-state index contributed by atoms with van der Waals surface area (Å²) in [5.74, 6) is -2.47. The Bertz CT molecular complexity index is 696. The summed E-state index contributed by atoms with van der Waals surface area (Å²) in [6, 6.07) is 10.2. The summed E-state index contributed by atoms with van der Waals surface area (Å²) in [4.78, 5) is 11.1. The lowest BCUT2D eigenvalue weighted by atomic mass is 10.1. The van der Waals surface area contributed by atoms with Gasteiger partial charge in [0.05, 0.1) is 0 Å². The number of hydrogen-bond acceptors (Lipinski definition) is 2. The molecule has 0 bridgehead atoms. The molecule has 0 saturated carbocycles. The summed E-state index contributed by atoms with van der Waals surface area (Å²) in [6.07, 6.45) is 1.53. The van der Waals surface area contributed by atoms with Gasteiger partial charge in [-0.15, -0.1) is 6.58 Å². The van der Waals surface area contributed by atoms with Crippen LogP contribution >= 0.6 is 0 Å². The number of halogens is 2. The molecular weight excluding hydrogens is 302 g/mol. The van der Waals surface area contributed by atoms with Gasteiger partial charge in [-0.1, -0.05) is 24.3 Å². The molecule has 0 heterocycles. The van der Waals surface area contributed by atoms with Crippen LogP contribution in [0.2, 0.25) is 0 Å². The average molecular weight is 318 g/mol. The molecule has 0 spiro atoms. The van der Waals surface area contributed by atoms with Gasteiger partial charge < -0.3 is 9.84 Å². The van der Waals surface area contributed by atoms with Gasteiger partial charge in [0, 0.05) is 0 Å². The number of benzene rings is 2. The molecule has 1 unspecified atom stereocenters. The van der Waals surface area contributed by atoms with E-state index in [1.54, 1.807) is 30.3 Å². The van der Waals surface area contributed by atoms with Crippen molar-refractivity contribution < 1.29 is 23.4 Å². The molecule has 2 rings (SSSR count). The Morgan fingerprint density at radius 3 is 2.35 bits per heavy atom. The van der Waals surface area contributed by atoms with E-state index in [0.717, 1.165) is 12.1 Å². The van der Waals surface area contributed by atoms with Crippen molar-refractivity contribution in [2.75, 3.05) is 0 Å². The van der Waals surface area contributed by atoms with Crippen LogP contribution in [-0.4, -0.2) is 17.2 Å². The third kappa shape index (κ3) is 4.39. The van der Waals surface area contributed by atoms with Gasteiger partial charge in [0.15, 0.2) is 17.7 Å². The number of allylic oxidation sites excluding steroid dienone is 1. The molecule has 0 radical (unpaired) electrons. The summed E-state index contributed by atoms with van der Waals surface area (Å²) in [7, 11) is 0. The van der Waals surface area contributed by atoms with E-state index in [-0.39, 0.29) is 0 Å². The highest BCUT2D eigenvalue weighted by Gasteiger charge is 2.18. The Morgan fingerprint density at radius 1 is 1.13 bits per heavy atom. The van der Waals surface area contributed by atoms with Crippen molar-refractivity contribution in [3.05, 3.63) is 66.8 Å². The standard InChI is InChI=1S/C18H16F2O3/c1-2-3-4-17(18(21)22)23-14-8-5-12(6-9-14)13-7-10-15(19)16(20)11-13/h2,5-11,17H,1,3-4H2,(H,21,22). The van der Waals surface area contributed by atoms with E-state index in [4.69, 9.17) is 9.84 Å². The minimum atomic E-state index is -1.04. The first-order chi connectivity index (χ1) is 11.0. The van der Waals surface area contributed by atoms with Crippen LogP contribution < -0.4 is 4.74 Å². The zero-order valence-corrected chi connectivity index (χ0v) is 12.3. The Balaban J connectivity index is 2.13. The largest absolute Gasteiger partial charge is 0.479 e. The number of aliphatic carboxylic acids is 1. The predicted molar refractivity (Wildman–Crippen MR) is 83.3 cm³/mol. The number of carbonyl (C=O) groups is 1. The molecule has 3 nitrogen and oxygen atoms in total. The van der Waals surface area contributed by atoms with Crippen molar-refractivity contribution >= 4 is 5.97 Å². The highest BCUT2D eigenvalue weighted by Crippen LogP contribution is 2.25. The van der Waals surface area contributed by atoms with Crippen molar-refractivity contribution in [2.45, 2.75) is 18.9 Å². The first-order valence-corrected chi connectivity index (χ1v) is 7.07. The molecule has 0 aliphatic rings. The van der Waals surface area contributed by atoms with Crippen LogP contribution in [0.1, 0.15) is 12.8 Å². The van der Waals surface area contributed by atoms with Gasteiger partial charge in [0.25, 0.3) is 0 Å². The van der Waals surface area contributed by atoms with E-state index < -0.39 is 23.7 Å². The second-order valence-corrected chi connectivity index (χ2v) is 4.96. The fourth-order valence-electron chi connectivity index (χ4n) is 2.07. The van der Waals surface area contributed by atoms with Crippen molar-refractivity contribution in [1.82, 2.24) is 0 Å². The average Bonchev–Trinajstić information content (AvgIpc) is 2.54. The second kappa shape index (κ2) is 7.54. The summed E-state index contributed by atoms with van der Waals surface area (Å²) < 4.78 is 31.6. The van der Waals surface area contributed by atoms with Gasteiger partial charge in [-0.2, -0.15) is 0 Å². The van der Waals surface area contributed by atoms with Crippen LogP contribution in [-0.2, 0) is 4.79 Å². The third-order valence-corrected chi connectivity index (χ3v) is 3.29.